The average molecular weight is 110 g/mol. The Morgan fingerprint density at radius 1 is 0.750 bits per heavy atom. The molecular weight excluding hydrogens is 96.1 g/mol. The maximum atomic E-state index is 2.12. The Morgan fingerprint density at radius 2 is 1.00 bits per heavy atom. The van der Waals surface area contributed by atoms with Crippen LogP contribution in [0.1, 0.15) is 27.7 Å². The van der Waals surface area contributed by atoms with Crippen molar-refractivity contribution in [3.63, 3.8) is 0 Å². The molecule has 0 aromatic carbocycles. The van der Waals surface area contributed by atoms with Crippen LogP contribution < -0.4 is 0 Å². The van der Waals surface area contributed by atoms with Crippen molar-refractivity contribution in [1.29, 1.82) is 0 Å². The molecule has 46 valence electrons. The van der Waals surface area contributed by atoms with Crippen LogP contribution in [0, 0.1) is 11.8 Å². The van der Waals surface area contributed by atoms with Crippen LogP contribution in [0.3, 0.4) is 0 Å². The van der Waals surface area contributed by atoms with Crippen molar-refractivity contribution in [1.82, 2.24) is 0 Å². The lowest BCUT2D eigenvalue weighted by molar-refractivity contribution is 1.16. The number of hydrogen-bond acceptors (Lipinski definition) is 0. The van der Waals surface area contributed by atoms with Crippen LogP contribution in [-0.2, 0) is 0 Å². The van der Waals surface area contributed by atoms with Crippen molar-refractivity contribution in [2.24, 2.45) is 0 Å². The summed E-state index contributed by atoms with van der Waals surface area (Å²) in [5, 5.41) is 0. The summed E-state index contributed by atoms with van der Waals surface area (Å²) in [4.78, 5) is 0. The van der Waals surface area contributed by atoms with Crippen LogP contribution in [0.2, 0.25) is 0 Å². The van der Waals surface area contributed by atoms with Gasteiger partial charge in [-0.05, 0) is 11.8 Å². The Hall–Kier alpha value is -0.260. The van der Waals surface area contributed by atoms with Crippen molar-refractivity contribution in [3.05, 3.63) is 24.0 Å². The molecule has 0 spiro atoms. The first-order valence-electron chi connectivity index (χ1n) is 2.91. The van der Waals surface area contributed by atoms with Crippen LogP contribution in [0.5, 0.6) is 0 Å². The minimum atomic E-state index is 1.35. The molecular formula is C8H14. The first-order valence-corrected chi connectivity index (χ1v) is 2.91. The molecule has 0 fully saturated rings. The standard InChI is InChI=1S/C8H14/c1-7(2)5-6-8(3)4/h5-6H,1-4H3/b6-5+. The van der Waals surface area contributed by atoms with Gasteiger partial charge in [-0.3, -0.25) is 0 Å². The van der Waals surface area contributed by atoms with Gasteiger partial charge in [-0.15, -0.1) is 0 Å². The molecule has 0 N–H and O–H groups in total. The predicted molar refractivity (Wildman–Crippen MR) is 38.3 cm³/mol. The Morgan fingerprint density at radius 3 is 1.12 bits per heavy atom. The summed E-state index contributed by atoms with van der Waals surface area (Å²) in [7, 11) is 0. The third kappa shape index (κ3) is 5.74. The van der Waals surface area contributed by atoms with Crippen LogP contribution in [0.25, 0.3) is 0 Å². The normalized spacial score (nSPS) is 12.2. The molecule has 0 heterocycles. The van der Waals surface area contributed by atoms with E-state index < -0.39 is 0 Å². The van der Waals surface area contributed by atoms with Gasteiger partial charge in [0.15, 0.2) is 0 Å². The third-order valence-electron chi connectivity index (χ3n) is 0.750. The fourth-order valence-electron chi connectivity index (χ4n) is 0.333. The van der Waals surface area contributed by atoms with Gasteiger partial charge in [-0.2, -0.15) is 0 Å². The van der Waals surface area contributed by atoms with Crippen LogP contribution in [-0.4, -0.2) is 0 Å². The summed E-state index contributed by atoms with van der Waals surface area (Å²) in [5.41, 5.74) is 0. The number of allylic oxidation sites excluding steroid dienone is 2. The Balaban J connectivity index is 3.34. The van der Waals surface area contributed by atoms with Gasteiger partial charge in [0.05, 0.1) is 0 Å². The molecule has 0 aromatic heterocycles. The predicted octanol–water partition coefficient (Wildman–Crippen LogP) is 2.77. The smallest absolute Gasteiger partial charge is 0.00890 e. The van der Waals surface area contributed by atoms with Gasteiger partial charge in [0, 0.05) is 0 Å². The minimum absolute atomic E-state index is 1.35. The van der Waals surface area contributed by atoms with Crippen LogP contribution in [0.15, 0.2) is 12.2 Å². The van der Waals surface area contributed by atoms with Crippen molar-refractivity contribution in [3.8, 4) is 0 Å². The van der Waals surface area contributed by atoms with Gasteiger partial charge in [0.1, 0.15) is 0 Å². The van der Waals surface area contributed by atoms with Gasteiger partial charge in [-0.25, -0.2) is 0 Å². The summed E-state index contributed by atoms with van der Waals surface area (Å²) in [5.74, 6) is 2.71. The van der Waals surface area contributed by atoms with E-state index in [1.54, 1.807) is 0 Å². The van der Waals surface area contributed by atoms with Crippen molar-refractivity contribution < 1.29 is 0 Å². The quantitative estimate of drug-likeness (QED) is 0.512. The van der Waals surface area contributed by atoms with E-state index in [1.165, 1.54) is 11.8 Å². The Labute approximate surface area is 52.6 Å². The highest BCUT2D eigenvalue weighted by molar-refractivity contribution is 5.12. The third-order valence-corrected chi connectivity index (χ3v) is 0.750. The molecule has 0 bridgehead atoms. The lowest BCUT2D eigenvalue weighted by Crippen LogP contribution is -1.78. The second-order valence-electron chi connectivity index (χ2n) is 2.49. The first-order chi connectivity index (χ1) is 3.63. The summed E-state index contributed by atoms with van der Waals surface area (Å²) >= 11 is 0. The number of hydrogen-bond donors (Lipinski definition) is 0. The fraction of sp³-hybridized carbons (Fsp3) is 0.500. The minimum Gasteiger partial charge on any atom is -0.0814 e. The molecule has 0 aliphatic carbocycles. The second-order valence-corrected chi connectivity index (χ2v) is 2.49. The Bertz CT molecular complexity index is 58.1. The van der Waals surface area contributed by atoms with Crippen molar-refractivity contribution in [2.75, 3.05) is 0 Å². The maximum absolute atomic E-state index is 2.12. The zero-order chi connectivity index (χ0) is 6.57. The lowest BCUT2D eigenvalue weighted by Gasteiger charge is -1.94. The molecule has 0 saturated carbocycles. The molecule has 2 radical (unpaired) electrons. The zero-order valence-corrected chi connectivity index (χ0v) is 6.15. The first kappa shape index (κ1) is 7.74. The van der Waals surface area contributed by atoms with E-state index >= 15 is 0 Å². The Kier molecular flexibility index (Phi) is 3.59. The molecule has 0 nitrogen and oxygen atoms in total. The number of rotatable bonds is 2. The molecule has 8 heavy (non-hydrogen) atoms. The van der Waals surface area contributed by atoms with Crippen LogP contribution >= 0.6 is 0 Å². The van der Waals surface area contributed by atoms with Gasteiger partial charge >= 0.3 is 0 Å². The molecule has 0 aliphatic rings. The zero-order valence-electron chi connectivity index (χ0n) is 6.15. The summed E-state index contributed by atoms with van der Waals surface area (Å²) < 4.78 is 0. The van der Waals surface area contributed by atoms with Crippen molar-refractivity contribution >= 4 is 0 Å². The van der Waals surface area contributed by atoms with Crippen LogP contribution in [0.4, 0.5) is 0 Å². The van der Waals surface area contributed by atoms with Crippen molar-refractivity contribution in [2.45, 2.75) is 27.7 Å². The SMILES string of the molecule is C[C](C)/C=C/[C](C)C. The summed E-state index contributed by atoms with van der Waals surface area (Å²) in [6, 6.07) is 0. The van der Waals surface area contributed by atoms with E-state index in [-0.39, 0.29) is 0 Å². The molecule has 0 rings (SSSR count). The topological polar surface area (TPSA) is 0 Å². The van der Waals surface area contributed by atoms with E-state index in [1.807, 2.05) is 0 Å². The molecule has 0 saturated heterocycles. The largest absolute Gasteiger partial charge is 0.0814 e. The van der Waals surface area contributed by atoms with Gasteiger partial charge in [-0.1, -0.05) is 39.8 Å². The van der Waals surface area contributed by atoms with E-state index in [0.29, 0.717) is 0 Å². The van der Waals surface area contributed by atoms with E-state index in [0.717, 1.165) is 0 Å². The van der Waals surface area contributed by atoms with Gasteiger partial charge in [0.2, 0.25) is 0 Å². The highest BCUT2D eigenvalue weighted by Crippen LogP contribution is 2.02. The monoisotopic (exact) mass is 110 g/mol. The molecule has 0 aromatic rings. The molecule has 0 atom stereocenters. The summed E-state index contributed by atoms with van der Waals surface area (Å²) in [6.45, 7) is 8.39. The highest BCUT2D eigenvalue weighted by atomic mass is 13.9. The molecule has 0 amide bonds. The molecule has 0 heteroatoms. The molecule has 0 aliphatic heterocycles. The van der Waals surface area contributed by atoms with E-state index in [9.17, 15) is 0 Å². The molecule has 0 unspecified atom stereocenters. The summed E-state index contributed by atoms with van der Waals surface area (Å²) in [6.07, 6.45) is 4.24. The fourth-order valence-corrected chi connectivity index (χ4v) is 0.333. The highest BCUT2D eigenvalue weighted by Gasteiger charge is 1.86. The maximum Gasteiger partial charge on any atom is -0.00890 e. The lowest BCUT2D eigenvalue weighted by atomic mass is 10.1. The van der Waals surface area contributed by atoms with Gasteiger partial charge < -0.3 is 0 Å². The van der Waals surface area contributed by atoms with Gasteiger partial charge in [0.25, 0.3) is 0 Å². The van der Waals surface area contributed by atoms with E-state index in [2.05, 4.69) is 39.8 Å². The average Bonchev–Trinajstić information content (AvgIpc) is 1.61. The van der Waals surface area contributed by atoms with E-state index in [4.69, 9.17) is 0 Å². The second kappa shape index (κ2) is 3.71.